The molecule has 0 aliphatic heterocycles. The van der Waals surface area contributed by atoms with E-state index in [2.05, 4.69) is 22.0 Å². The Bertz CT molecular complexity index is 372. The van der Waals surface area contributed by atoms with Gasteiger partial charge in [0.25, 0.3) is 0 Å². The molecule has 1 aliphatic carbocycles. The molecule has 0 amide bonds. The van der Waals surface area contributed by atoms with Gasteiger partial charge in [-0.1, -0.05) is 24.9 Å². The number of hydrogen-bond acceptors (Lipinski definition) is 5. The van der Waals surface area contributed by atoms with Gasteiger partial charge in [-0.05, 0) is 26.3 Å². The Morgan fingerprint density at radius 2 is 2.11 bits per heavy atom. The number of aryl methyl sites for hydroxylation is 1. The molecule has 0 bridgehead atoms. The quantitative estimate of drug-likeness (QED) is 0.837. The molecule has 0 spiro atoms. The molecule has 0 unspecified atom stereocenters. The van der Waals surface area contributed by atoms with Gasteiger partial charge in [-0.3, -0.25) is 4.90 Å². The fourth-order valence-electron chi connectivity index (χ4n) is 2.66. The first-order valence-electron chi connectivity index (χ1n) is 6.84. The van der Waals surface area contributed by atoms with Crippen LogP contribution in [0.15, 0.2) is 4.52 Å². The number of hydrogen-bond donors (Lipinski definition) is 1. The van der Waals surface area contributed by atoms with Gasteiger partial charge in [0, 0.05) is 13.0 Å². The average Bonchev–Trinajstić information content (AvgIpc) is 2.89. The molecule has 1 aromatic heterocycles. The molecule has 5 nitrogen and oxygen atoms in total. The molecule has 1 saturated carbocycles. The van der Waals surface area contributed by atoms with Gasteiger partial charge >= 0.3 is 0 Å². The van der Waals surface area contributed by atoms with E-state index in [1.165, 1.54) is 0 Å². The monoisotopic (exact) mass is 253 g/mol. The second kappa shape index (κ2) is 5.80. The topological polar surface area (TPSA) is 62.4 Å². The molecule has 5 heteroatoms. The molecule has 0 atom stereocenters. The Morgan fingerprint density at radius 3 is 2.78 bits per heavy atom. The van der Waals surface area contributed by atoms with Crippen LogP contribution in [-0.2, 0) is 13.0 Å². The van der Waals surface area contributed by atoms with Crippen LogP contribution in [0.5, 0.6) is 0 Å². The van der Waals surface area contributed by atoms with Crippen molar-refractivity contribution in [1.82, 2.24) is 15.0 Å². The van der Waals surface area contributed by atoms with Crippen molar-refractivity contribution in [2.45, 2.75) is 57.6 Å². The summed E-state index contributed by atoms with van der Waals surface area (Å²) < 4.78 is 5.20. The van der Waals surface area contributed by atoms with Crippen LogP contribution in [0.1, 0.15) is 50.7 Å². The summed E-state index contributed by atoms with van der Waals surface area (Å²) >= 11 is 0. The van der Waals surface area contributed by atoms with E-state index < -0.39 is 5.60 Å². The van der Waals surface area contributed by atoms with E-state index in [1.807, 2.05) is 7.05 Å². The number of rotatable bonds is 6. The van der Waals surface area contributed by atoms with E-state index >= 15 is 0 Å². The summed E-state index contributed by atoms with van der Waals surface area (Å²) in [4.78, 5) is 6.40. The predicted molar refractivity (Wildman–Crippen MR) is 68.0 cm³/mol. The minimum Gasteiger partial charge on any atom is -0.389 e. The molecule has 18 heavy (non-hydrogen) atoms. The number of aliphatic hydroxyl groups is 1. The van der Waals surface area contributed by atoms with Crippen LogP contribution in [0, 0.1) is 0 Å². The highest BCUT2D eigenvalue weighted by molar-refractivity contribution is 4.90. The zero-order chi connectivity index (χ0) is 13.0. The van der Waals surface area contributed by atoms with Gasteiger partial charge in [0.1, 0.15) is 0 Å². The predicted octanol–water partition coefficient (Wildman–Crippen LogP) is 1.76. The van der Waals surface area contributed by atoms with Gasteiger partial charge < -0.3 is 9.63 Å². The Morgan fingerprint density at radius 1 is 1.39 bits per heavy atom. The van der Waals surface area contributed by atoms with Crippen molar-refractivity contribution < 1.29 is 9.63 Å². The molecule has 1 N–H and O–H groups in total. The first-order valence-corrected chi connectivity index (χ1v) is 6.84. The standard InChI is InChI=1S/C13H23N3O2/c1-3-6-11-14-12(18-15-11)9-16(2)10-13(17)7-4-5-8-13/h17H,3-10H2,1-2H3. The van der Waals surface area contributed by atoms with Crippen LogP contribution < -0.4 is 0 Å². The van der Waals surface area contributed by atoms with Crippen molar-refractivity contribution in [3.63, 3.8) is 0 Å². The minimum atomic E-state index is -0.513. The van der Waals surface area contributed by atoms with E-state index in [1.54, 1.807) is 0 Å². The van der Waals surface area contributed by atoms with Crippen LogP contribution in [0.3, 0.4) is 0 Å². The van der Waals surface area contributed by atoms with Crippen LogP contribution in [0.4, 0.5) is 0 Å². The SMILES string of the molecule is CCCc1noc(CN(C)CC2(O)CCCC2)n1. The summed E-state index contributed by atoms with van der Waals surface area (Å²) in [6.45, 7) is 3.38. The highest BCUT2D eigenvalue weighted by Gasteiger charge is 2.32. The molecule has 0 saturated heterocycles. The van der Waals surface area contributed by atoms with Crippen molar-refractivity contribution in [2.24, 2.45) is 0 Å². The second-order valence-electron chi connectivity index (χ2n) is 5.46. The Kier molecular flexibility index (Phi) is 4.35. The van der Waals surface area contributed by atoms with Gasteiger partial charge in [-0.15, -0.1) is 0 Å². The zero-order valence-electron chi connectivity index (χ0n) is 11.4. The Labute approximate surface area is 108 Å². The maximum absolute atomic E-state index is 10.3. The minimum absolute atomic E-state index is 0.513. The molecule has 1 fully saturated rings. The third-order valence-corrected chi connectivity index (χ3v) is 3.49. The highest BCUT2D eigenvalue weighted by atomic mass is 16.5. The summed E-state index contributed by atoms with van der Waals surface area (Å²) in [5.74, 6) is 1.42. The molecular weight excluding hydrogens is 230 g/mol. The van der Waals surface area contributed by atoms with E-state index in [9.17, 15) is 5.11 Å². The Hall–Kier alpha value is -0.940. The lowest BCUT2D eigenvalue weighted by molar-refractivity contribution is 0.0124. The van der Waals surface area contributed by atoms with E-state index in [0.717, 1.165) is 44.3 Å². The molecule has 1 heterocycles. The first-order chi connectivity index (χ1) is 8.61. The summed E-state index contributed by atoms with van der Waals surface area (Å²) in [5.41, 5.74) is -0.513. The van der Waals surface area contributed by atoms with Crippen LogP contribution >= 0.6 is 0 Å². The first kappa shape index (κ1) is 13.5. The lowest BCUT2D eigenvalue weighted by Gasteiger charge is -2.27. The van der Waals surface area contributed by atoms with Crippen molar-refractivity contribution in [3.8, 4) is 0 Å². The summed E-state index contributed by atoms with van der Waals surface area (Å²) in [7, 11) is 1.99. The lowest BCUT2D eigenvalue weighted by Crippen LogP contribution is -2.38. The van der Waals surface area contributed by atoms with Crippen LogP contribution in [0.2, 0.25) is 0 Å². The number of likely N-dealkylation sites (N-methyl/N-ethyl adjacent to an activating group) is 1. The van der Waals surface area contributed by atoms with Gasteiger partial charge in [0.2, 0.25) is 5.89 Å². The second-order valence-corrected chi connectivity index (χ2v) is 5.46. The number of nitrogens with zero attached hydrogens (tertiary/aromatic N) is 3. The third kappa shape index (κ3) is 3.53. The van der Waals surface area contributed by atoms with Crippen molar-refractivity contribution in [1.29, 1.82) is 0 Å². The molecular formula is C13H23N3O2. The molecule has 0 aromatic carbocycles. The molecule has 2 rings (SSSR count). The molecule has 102 valence electrons. The van der Waals surface area contributed by atoms with Crippen LogP contribution in [-0.4, -0.2) is 39.3 Å². The lowest BCUT2D eigenvalue weighted by atomic mass is 10.0. The molecule has 1 aromatic rings. The van der Waals surface area contributed by atoms with Crippen molar-refractivity contribution in [2.75, 3.05) is 13.6 Å². The maximum Gasteiger partial charge on any atom is 0.240 e. The van der Waals surface area contributed by atoms with Gasteiger partial charge in [0.05, 0.1) is 12.1 Å². The smallest absolute Gasteiger partial charge is 0.240 e. The summed E-state index contributed by atoms with van der Waals surface area (Å²) in [5, 5.41) is 14.3. The van der Waals surface area contributed by atoms with Crippen molar-refractivity contribution >= 4 is 0 Å². The zero-order valence-corrected chi connectivity index (χ0v) is 11.4. The van der Waals surface area contributed by atoms with E-state index in [4.69, 9.17) is 4.52 Å². The molecule has 0 radical (unpaired) electrons. The normalized spacial score (nSPS) is 18.7. The Balaban J connectivity index is 1.84. The van der Waals surface area contributed by atoms with Crippen molar-refractivity contribution in [3.05, 3.63) is 11.7 Å². The van der Waals surface area contributed by atoms with Crippen LogP contribution in [0.25, 0.3) is 0 Å². The van der Waals surface area contributed by atoms with Gasteiger partial charge in [-0.25, -0.2) is 0 Å². The largest absolute Gasteiger partial charge is 0.389 e. The van der Waals surface area contributed by atoms with E-state index in [0.29, 0.717) is 19.0 Å². The third-order valence-electron chi connectivity index (χ3n) is 3.49. The van der Waals surface area contributed by atoms with E-state index in [-0.39, 0.29) is 0 Å². The van der Waals surface area contributed by atoms with Gasteiger partial charge in [-0.2, -0.15) is 4.98 Å². The maximum atomic E-state index is 10.3. The fourth-order valence-corrected chi connectivity index (χ4v) is 2.66. The van der Waals surface area contributed by atoms with Gasteiger partial charge in [0.15, 0.2) is 5.82 Å². The number of aromatic nitrogens is 2. The summed E-state index contributed by atoms with van der Waals surface area (Å²) in [6, 6.07) is 0. The molecule has 1 aliphatic rings. The highest BCUT2D eigenvalue weighted by Crippen LogP contribution is 2.30. The summed E-state index contributed by atoms with van der Waals surface area (Å²) in [6.07, 6.45) is 5.95. The fraction of sp³-hybridized carbons (Fsp3) is 0.846. The average molecular weight is 253 g/mol.